The molecule has 3 aromatic rings. The van der Waals surface area contributed by atoms with Crippen molar-refractivity contribution in [1.29, 1.82) is 0 Å². The summed E-state index contributed by atoms with van der Waals surface area (Å²) in [6.45, 7) is 11.6. The molecule has 0 saturated carbocycles. The monoisotopic (exact) mass is 544 g/mol. The quantitative estimate of drug-likeness (QED) is 0.346. The first kappa shape index (κ1) is 28.5. The van der Waals surface area contributed by atoms with E-state index in [0.29, 0.717) is 51.1 Å². The summed E-state index contributed by atoms with van der Waals surface area (Å²) >= 11 is 0. The van der Waals surface area contributed by atoms with Crippen LogP contribution in [0.15, 0.2) is 42.6 Å². The third kappa shape index (κ3) is 8.01. The Morgan fingerprint density at radius 3 is 2.31 bits per heavy atom. The Balaban J connectivity index is 1.25. The Kier molecular flexibility index (Phi) is 8.89. The number of benzene rings is 1. The number of piperazine rings is 1. The van der Waals surface area contributed by atoms with Crippen molar-refractivity contribution in [2.24, 2.45) is 0 Å². The highest BCUT2D eigenvalue weighted by atomic mass is 19.4. The predicted octanol–water partition coefficient (Wildman–Crippen LogP) is 5.06. The lowest BCUT2D eigenvalue weighted by molar-refractivity contribution is -0.141. The van der Waals surface area contributed by atoms with Crippen LogP contribution in [0.1, 0.15) is 49.8 Å². The highest BCUT2D eigenvalue weighted by Gasteiger charge is 2.36. The van der Waals surface area contributed by atoms with Crippen LogP contribution in [0.2, 0.25) is 0 Å². The smallest absolute Gasteiger partial charge is 0.433 e. The number of aryl methyl sites for hydroxylation is 1. The summed E-state index contributed by atoms with van der Waals surface area (Å²) in [5.41, 5.74) is 0.391. The number of hydrogen-bond donors (Lipinski definition) is 0. The van der Waals surface area contributed by atoms with E-state index in [-0.39, 0.29) is 11.8 Å². The maximum absolute atomic E-state index is 13.5. The van der Waals surface area contributed by atoms with E-state index in [9.17, 15) is 13.2 Å². The van der Waals surface area contributed by atoms with Gasteiger partial charge in [-0.2, -0.15) is 18.2 Å². The van der Waals surface area contributed by atoms with Gasteiger partial charge in [-0.25, -0.2) is 15.0 Å². The summed E-state index contributed by atoms with van der Waals surface area (Å²) in [5.74, 6) is 1.01. The van der Waals surface area contributed by atoms with E-state index in [0.717, 1.165) is 30.2 Å². The number of anilines is 1. The normalized spacial score (nSPS) is 14.9. The van der Waals surface area contributed by atoms with Gasteiger partial charge in [-0.3, -0.25) is 4.90 Å². The predicted molar refractivity (Wildman–Crippen MR) is 142 cm³/mol. The van der Waals surface area contributed by atoms with Gasteiger partial charge in [0, 0.05) is 56.0 Å². The van der Waals surface area contributed by atoms with Crippen molar-refractivity contribution in [2.45, 2.75) is 52.3 Å². The third-order valence-corrected chi connectivity index (χ3v) is 6.34. The average Bonchev–Trinajstić information content (AvgIpc) is 2.91. The zero-order valence-electron chi connectivity index (χ0n) is 22.8. The molecule has 0 spiro atoms. The molecule has 8 nitrogen and oxygen atoms in total. The van der Waals surface area contributed by atoms with Gasteiger partial charge in [-0.1, -0.05) is 51.1 Å². The summed E-state index contributed by atoms with van der Waals surface area (Å²) < 4.78 is 52.0. The van der Waals surface area contributed by atoms with Crippen molar-refractivity contribution in [3.05, 3.63) is 65.2 Å². The van der Waals surface area contributed by atoms with Crippen LogP contribution in [0.3, 0.4) is 0 Å². The van der Waals surface area contributed by atoms with E-state index < -0.39 is 17.3 Å². The largest absolute Gasteiger partial charge is 0.472 e. The zero-order valence-corrected chi connectivity index (χ0v) is 22.8. The number of ether oxygens (including phenoxy) is 2. The van der Waals surface area contributed by atoms with Crippen molar-refractivity contribution in [2.75, 3.05) is 44.2 Å². The van der Waals surface area contributed by atoms with Crippen molar-refractivity contribution in [1.82, 2.24) is 24.8 Å². The number of rotatable bonds is 9. The summed E-state index contributed by atoms with van der Waals surface area (Å²) in [6.07, 6.45) is -2.07. The van der Waals surface area contributed by atoms with Gasteiger partial charge >= 0.3 is 12.2 Å². The number of alkyl halides is 3. The molecule has 0 N–H and O–H groups in total. The van der Waals surface area contributed by atoms with Gasteiger partial charge in [0.25, 0.3) is 0 Å². The van der Waals surface area contributed by atoms with Gasteiger partial charge in [0.15, 0.2) is 0 Å². The molecule has 2 aromatic heterocycles. The maximum Gasteiger partial charge on any atom is 0.433 e. The zero-order chi connectivity index (χ0) is 28.0. The molecule has 3 heterocycles. The second kappa shape index (κ2) is 12.1. The van der Waals surface area contributed by atoms with E-state index in [1.165, 1.54) is 0 Å². The van der Waals surface area contributed by atoms with Gasteiger partial charge in [0.05, 0.1) is 6.61 Å². The number of nitrogens with zero attached hydrogens (tertiary/aromatic N) is 6. The lowest BCUT2D eigenvalue weighted by Gasteiger charge is -2.36. The molecule has 1 saturated heterocycles. The molecule has 0 unspecified atom stereocenters. The SMILES string of the molecule is Cc1cnc(OCCCN2CCN(c3cc(C(F)(F)F)nc(C(C)(C)C)n3)CC2)nc1OCc1ccccc1. The first-order valence-electron chi connectivity index (χ1n) is 13.1. The van der Waals surface area contributed by atoms with Crippen LogP contribution in [0.4, 0.5) is 19.0 Å². The molecule has 1 aliphatic rings. The van der Waals surface area contributed by atoms with Crippen molar-refractivity contribution in [3.8, 4) is 11.9 Å². The van der Waals surface area contributed by atoms with Gasteiger partial charge < -0.3 is 14.4 Å². The molecule has 0 aliphatic carbocycles. The van der Waals surface area contributed by atoms with E-state index in [2.05, 4.69) is 24.8 Å². The Morgan fingerprint density at radius 1 is 0.923 bits per heavy atom. The maximum atomic E-state index is 13.5. The lowest BCUT2D eigenvalue weighted by atomic mass is 9.95. The second-order valence-electron chi connectivity index (χ2n) is 10.6. The fourth-order valence-corrected chi connectivity index (χ4v) is 4.08. The Hall–Kier alpha value is -3.47. The molecule has 210 valence electrons. The Morgan fingerprint density at radius 2 is 1.64 bits per heavy atom. The Bertz CT molecular complexity index is 1190. The van der Waals surface area contributed by atoms with Gasteiger partial charge in [0.1, 0.15) is 23.9 Å². The molecule has 39 heavy (non-hydrogen) atoms. The minimum atomic E-state index is -4.52. The number of hydrogen-bond acceptors (Lipinski definition) is 8. The van der Waals surface area contributed by atoms with Gasteiger partial charge in [-0.05, 0) is 18.9 Å². The highest BCUT2D eigenvalue weighted by Crippen LogP contribution is 2.32. The standard InChI is InChI=1S/C28H35F3N6O2/c1-20-18-32-26(35-24(20)39-19-21-9-6-5-7-10-21)38-16-8-11-36-12-14-37(15-13-36)23-17-22(28(29,30)31)33-25(34-23)27(2,3)4/h5-7,9-10,17-18H,8,11-16,19H2,1-4H3. The average molecular weight is 545 g/mol. The molecule has 1 aromatic carbocycles. The van der Waals surface area contributed by atoms with E-state index in [1.54, 1.807) is 6.20 Å². The van der Waals surface area contributed by atoms with Gasteiger partial charge in [0.2, 0.25) is 5.88 Å². The van der Waals surface area contributed by atoms with Crippen molar-refractivity contribution < 1.29 is 22.6 Å². The fourth-order valence-electron chi connectivity index (χ4n) is 4.08. The fraction of sp³-hybridized carbons (Fsp3) is 0.500. The van der Waals surface area contributed by atoms with Crippen LogP contribution in [-0.2, 0) is 18.2 Å². The van der Waals surface area contributed by atoms with E-state index in [4.69, 9.17) is 9.47 Å². The first-order valence-corrected chi connectivity index (χ1v) is 13.1. The van der Waals surface area contributed by atoms with Crippen LogP contribution in [0.5, 0.6) is 11.9 Å². The minimum absolute atomic E-state index is 0.193. The van der Waals surface area contributed by atoms with Crippen LogP contribution < -0.4 is 14.4 Å². The van der Waals surface area contributed by atoms with Crippen molar-refractivity contribution in [3.63, 3.8) is 0 Å². The minimum Gasteiger partial charge on any atom is -0.472 e. The molecule has 0 bridgehead atoms. The molecule has 11 heteroatoms. The van der Waals surface area contributed by atoms with Crippen molar-refractivity contribution >= 4 is 5.82 Å². The summed E-state index contributed by atoms with van der Waals surface area (Å²) in [7, 11) is 0. The van der Waals surface area contributed by atoms with E-state index >= 15 is 0 Å². The molecule has 0 atom stereocenters. The molecule has 0 radical (unpaired) electrons. The second-order valence-corrected chi connectivity index (χ2v) is 10.6. The van der Waals surface area contributed by atoms with E-state index in [1.807, 2.05) is 62.9 Å². The number of aromatic nitrogens is 4. The lowest BCUT2D eigenvalue weighted by Crippen LogP contribution is -2.47. The molecule has 0 amide bonds. The Labute approximate surface area is 227 Å². The summed E-state index contributed by atoms with van der Waals surface area (Å²) in [5, 5.41) is 0. The van der Waals surface area contributed by atoms with Crippen LogP contribution in [0, 0.1) is 6.92 Å². The third-order valence-electron chi connectivity index (χ3n) is 6.34. The molecular weight excluding hydrogens is 509 g/mol. The molecular formula is C28H35F3N6O2. The highest BCUT2D eigenvalue weighted by molar-refractivity contribution is 5.42. The topological polar surface area (TPSA) is 76.5 Å². The number of halogens is 3. The molecule has 1 fully saturated rings. The van der Waals surface area contributed by atoms with Crippen LogP contribution in [0.25, 0.3) is 0 Å². The van der Waals surface area contributed by atoms with Crippen LogP contribution >= 0.6 is 0 Å². The molecule has 4 rings (SSSR count). The van der Waals surface area contributed by atoms with Crippen LogP contribution in [-0.4, -0.2) is 64.2 Å². The van der Waals surface area contributed by atoms with Gasteiger partial charge in [-0.15, -0.1) is 0 Å². The molecule has 1 aliphatic heterocycles. The first-order chi connectivity index (χ1) is 18.5. The summed E-state index contributed by atoms with van der Waals surface area (Å²) in [6, 6.07) is 11.2. The summed E-state index contributed by atoms with van der Waals surface area (Å²) in [4.78, 5) is 21.1.